The van der Waals surface area contributed by atoms with Crippen LogP contribution in [0.15, 0.2) is 16.9 Å². The quantitative estimate of drug-likeness (QED) is 0.635. The lowest BCUT2D eigenvalue weighted by atomic mass is 9.96. The highest BCUT2D eigenvalue weighted by Gasteiger charge is 2.22. The first-order valence-electron chi connectivity index (χ1n) is 5.23. The number of hydrogen-bond acceptors (Lipinski definition) is 4. The zero-order chi connectivity index (χ0) is 11.5. The van der Waals surface area contributed by atoms with Gasteiger partial charge in [-0.2, -0.15) is 0 Å². The fourth-order valence-electron chi connectivity index (χ4n) is 1.86. The van der Waals surface area contributed by atoms with Crippen LogP contribution in [0.2, 0.25) is 0 Å². The first-order chi connectivity index (χ1) is 7.66. The number of piperidine rings is 1. The molecule has 2 rings (SSSR count). The number of hydrogen-bond donors (Lipinski definition) is 2. The van der Waals surface area contributed by atoms with E-state index in [1.807, 2.05) is 0 Å². The first kappa shape index (κ1) is 11.3. The van der Waals surface area contributed by atoms with Crippen LogP contribution in [0.4, 0.5) is 5.95 Å². The van der Waals surface area contributed by atoms with Crippen molar-refractivity contribution in [1.29, 1.82) is 5.41 Å². The summed E-state index contributed by atoms with van der Waals surface area (Å²) in [6.45, 7) is 1.73. The molecule has 0 bridgehead atoms. The lowest BCUT2D eigenvalue weighted by molar-refractivity contribution is 0.492. The van der Waals surface area contributed by atoms with E-state index in [0.717, 1.165) is 36.4 Å². The molecule has 1 aromatic heterocycles. The van der Waals surface area contributed by atoms with E-state index in [0.29, 0.717) is 5.84 Å². The Labute approximate surface area is 103 Å². The summed E-state index contributed by atoms with van der Waals surface area (Å²) in [5.74, 6) is 1.29. The molecule has 0 aliphatic carbocycles. The summed E-state index contributed by atoms with van der Waals surface area (Å²) >= 11 is 3.31. The number of amidine groups is 1. The van der Waals surface area contributed by atoms with Gasteiger partial charge in [-0.15, -0.1) is 0 Å². The number of nitrogens with two attached hydrogens (primary N) is 1. The highest BCUT2D eigenvalue weighted by Crippen LogP contribution is 2.20. The van der Waals surface area contributed by atoms with Crippen molar-refractivity contribution in [2.75, 3.05) is 18.0 Å². The molecule has 1 aromatic rings. The van der Waals surface area contributed by atoms with Crippen molar-refractivity contribution >= 4 is 27.7 Å². The molecule has 1 aliphatic heterocycles. The van der Waals surface area contributed by atoms with Crippen molar-refractivity contribution in [2.45, 2.75) is 12.8 Å². The summed E-state index contributed by atoms with van der Waals surface area (Å²) in [4.78, 5) is 10.6. The zero-order valence-electron chi connectivity index (χ0n) is 8.86. The molecule has 1 aliphatic rings. The van der Waals surface area contributed by atoms with Gasteiger partial charge in [0.15, 0.2) is 0 Å². The maximum Gasteiger partial charge on any atom is 0.225 e. The molecule has 86 valence electrons. The van der Waals surface area contributed by atoms with Crippen molar-refractivity contribution in [2.24, 2.45) is 11.7 Å². The summed E-state index contributed by atoms with van der Waals surface area (Å²) in [6.07, 6.45) is 5.32. The molecular weight excluding hydrogens is 270 g/mol. The van der Waals surface area contributed by atoms with Crippen LogP contribution in [-0.4, -0.2) is 28.9 Å². The van der Waals surface area contributed by atoms with E-state index in [1.54, 1.807) is 12.4 Å². The molecule has 2 heterocycles. The second kappa shape index (κ2) is 4.78. The molecule has 0 unspecified atom stereocenters. The Morgan fingerprint density at radius 3 is 2.44 bits per heavy atom. The Balaban J connectivity index is 1.99. The summed E-state index contributed by atoms with van der Waals surface area (Å²) in [7, 11) is 0. The Morgan fingerprint density at radius 1 is 1.38 bits per heavy atom. The first-order valence-corrected chi connectivity index (χ1v) is 6.02. The molecule has 5 nitrogen and oxygen atoms in total. The van der Waals surface area contributed by atoms with Crippen LogP contribution in [-0.2, 0) is 0 Å². The molecule has 1 saturated heterocycles. The second-order valence-electron chi connectivity index (χ2n) is 3.92. The summed E-state index contributed by atoms with van der Waals surface area (Å²) in [6, 6.07) is 0. The lowest BCUT2D eigenvalue weighted by Gasteiger charge is -2.31. The third kappa shape index (κ3) is 2.49. The predicted octanol–water partition coefficient (Wildman–Crippen LogP) is 1.39. The van der Waals surface area contributed by atoms with E-state index in [2.05, 4.69) is 30.8 Å². The fraction of sp³-hybridized carbons (Fsp3) is 0.500. The van der Waals surface area contributed by atoms with Gasteiger partial charge in [-0.3, -0.25) is 5.41 Å². The highest BCUT2D eigenvalue weighted by atomic mass is 79.9. The van der Waals surface area contributed by atoms with Crippen LogP contribution >= 0.6 is 15.9 Å². The van der Waals surface area contributed by atoms with Gasteiger partial charge in [0, 0.05) is 31.4 Å². The normalized spacial score (nSPS) is 17.4. The summed E-state index contributed by atoms with van der Waals surface area (Å²) in [5, 5.41) is 7.41. The van der Waals surface area contributed by atoms with E-state index in [9.17, 15) is 0 Å². The third-order valence-electron chi connectivity index (χ3n) is 2.82. The predicted molar refractivity (Wildman–Crippen MR) is 66.6 cm³/mol. The van der Waals surface area contributed by atoms with Crippen LogP contribution in [0.1, 0.15) is 12.8 Å². The van der Waals surface area contributed by atoms with Crippen LogP contribution in [0.3, 0.4) is 0 Å². The van der Waals surface area contributed by atoms with Gasteiger partial charge in [0.05, 0.1) is 10.3 Å². The van der Waals surface area contributed by atoms with Crippen molar-refractivity contribution < 1.29 is 0 Å². The highest BCUT2D eigenvalue weighted by molar-refractivity contribution is 9.10. The standard InChI is InChI=1S/C10H14BrN5/c11-8-5-14-10(15-6-8)16-3-1-7(2-4-16)9(12)13/h5-7H,1-4H2,(H3,12,13). The molecule has 0 atom stereocenters. The third-order valence-corrected chi connectivity index (χ3v) is 3.23. The van der Waals surface area contributed by atoms with E-state index in [-0.39, 0.29) is 5.92 Å². The largest absolute Gasteiger partial charge is 0.387 e. The van der Waals surface area contributed by atoms with Crippen molar-refractivity contribution in [3.8, 4) is 0 Å². The van der Waals surface area contributed by atoms with Gasteiger partial charge in [-0.1, -0.05) is 0 Å². The molecule has 1 fully saturated rings. The molecule has 0 amide bonds. The number of nitrogens with one attached hydrogen (secondary N) is 1. The van der Waals surface area contributed by atoms with Gasteiger partial charge in [-0.05, 0) is 28.8 Å². The van der Waals surface area contributed by atoms with Crippen molar-refractivity contribution in [1.82, 2.24) is 9.97 Å². The molecule has 0 spiro atoms. The Morgan fingerprint density at radius 2 is 1.94 bits per heavy atom. The van der Waals surface area contributed by atoms with Gasteiger partial charge in [0.1, 0.15) is 0 Å². The molecule has 3 N–H and O–H groups in total. The van der Waals surface area contributed by atoms with E-state index in [4.69, 9.17) is 11.1 Å². The van der Waals surface area contributed by atoms with Gasteiger partial charge in [0.25, 0.3) is 0 Å². The van der Waals surface area contributed by atoms with E-state index in [1.165, 1.54) is 0 Å². The van der Waals surface area contributed by atoms with Gasteiger partial charge in [0.2, 0.25) is 5.95 Å². The van der Waals surface area contributed by atoms with Crippen LogP contribution in [0.5, 0.6) is 0 Å². The average molecular weight is 284 g/mol. The van der Waals surface area contributed by atoms with Crippen LogP contribution in [0.25, 0.3) is 0 Å². The molecule has 6 heteroatoms. The fourth-order valence-corrected chi connectivity index (χ4v) is 2.06. The minimum atomic E-state index is 0.228. The summed E-state index contributed by atoms with van der Waals surface area (Å²) < 4.78 is 0.884. The second-order valence-corrected chi connectivity index (χ2v) is 4.83. The zero-order valence-corrected chi connectivity index (χ0v) is 10.4. The van der Waals surface area contributed by atoms with Crippen molar-refractivity contribution in [3.63, 3.8) is 0 Å². The number of anilines is 1. The molecule has 0 saturated carbocycles. The van der Waals surface area contributed by atoms with Gasteiger partial charge >= 0.3 is 0 Å². The monoisotopic (exact) mass is 283 g/mol. The van der Waals surface area contributed by atoms with Gasteiger partial charge < -0.3 is 10.6 Å². The van der Waals surface area contributed by atoms with Gasteiger partial charge in [-0.25, -0.2) is 9.97 Å². The molecule has 16 heavy (non-hydrogen) atoms. The summed E-state index contributed by atoms with van der Waals surface area (Å²) in [5.41, 5.74) is 5.50. The van der Waals surface area contributed by atoms with E-state index < -0.39 is 0 Å². The number of aromatic nitrogens is 2. The number of nitrogens with zero attached hydrogens (tertiary/aromatic N) is 3. The van der Waals surface area contributed by atoms with Crippen molar-refractivity contribution in [3.05, 3.63) is 16.9 Å². The Kier molecular flexibility index (Phi) is 3.38. The molecule has 0 aromatic carbocycles. The number of halogens is 1. The lowest BCUT2D eigenvalue weighted by Crippen LogP contribution is -2.39. The maximum atomic E-state index is 7.41. The Hall–Kier alpha value is -1.17. The van der Waals surface area contributed by atoms with E-state index >= 15 is 0 Å². The van der Waals surface area contributed by atoms with Crippen LogP contribution in [0, 0.1) is 11.3 Å². The number of rotatable bonds is 2. The molecule has 0 radical (unpaired) electrons. The van der Waals surface area contributed by atoms with Crippen LogP contribution < -0.4 is 10.6 Å². The minimum Gasteiger partial charge on any atom is -0.387 e. The maximum absolute atomic E-state index is 7.41. The smallest absolute Gasteiger partial charge is 0.225 e. The molecular formula is C10H14BrN5. The minimum absolute atomic E-state index is 0.228. The Bertz CT molecular complexity index is 369. The average Bonchev–Trinajstić information content (AvgIpc) is 2.30. The SMILES string of the molecule is N=C(N)C1CCN(c2ncc(Br)cn2)CC1. The topological polar surface area (TPSA) is 78.9 Å².